The molecule has 1 aliphatic rings. The summed E-state index contributed by atoms with van der Waals surface area (Å²) in [4.78, 5) is 14.7. The molecule has 1 saturated heterocycles. The van der Waals surface area contributed by atoms with Crippen LogP contribution in [0.2, 0.25) is 5.02 Å². The first-order chi connectivity index (χ1) is 12.0. The van der Waals surface area contributed by atoms with Crippen LogP contribution in [0.15, 0.2) is 42.5 Å². The predicted molar refractivity (Wildman–Crippen MR) is 99.2 cm³/mol. The van der Waals surface area contributed by atoms with Gasteiger partial charge in [0.25, 0.3) is 0 Å². The molecule has 2 aromatic rings. The monoisotopic (exact) mass is 360 g/mol. The maximum absolute atomic E-state index is 13.8. The number of aryl methyl sites for hydroxylation is 1. The maximum Gasteiger partial charge on any atom is 0.228 e. The number of likely N-dealkylation sites (tertiary alicyclic amines) is 1. The summed E-state index contributed by atoms with van der Waals surface area (Å²) in [6, 6.07) is 12.3. The lowest BCUT2D eigenvalue weighted by Crippen LogP contribution is -2.40. The summed E-state index contributed by atoms with van der Waals surface area (Å²) in [6.07, 6.45) is 1.78. The van der Waals surface area contributed by atoms with Crippen molar-refractivity contribution in [2.75, 3.05) is 18.4 Å². The molecule has 0 bridgehead atoms. The van der Waals surface area contributed by atoms with Crippen LogP contribution in [-0.2, 0) is 11.3 Å². The molecule has 1 N–H and O–H groups in total. The standard InChI is InChI=1S/C20H22ClFN2O/c1-14-8-9-17(11-18(14)21)23-20(25)16-6-4-10-24(13-16)12-15-5-2-3-7-19(15)22/h2-3,5,7-9,11,16H,4,6,10,12-13H2,1H3,(H,23,25). The van der Waals surface area contributed by atoms with E-state index in [-0.39, 0.29) is 17.6 Å². The van der Waals surface area contributed by atoms with Gasteiger partial charge < -0.3 is 5.32 Å². The number of piperidine rings is 1. The SMILES string of the molecule is Cc1ccc(NC(=O)C2CCCN(Cc3ccccc3F)C2)cc1Cl. The average Bonchev–Trinajstić information content (AvgIpc) is 2.60. The molecule has 3 rings (SSSR count). The lowest BCUT2D eigenvalue weighted by molar-refractivity contribution is -0.121. The lowest BCUT2D eigenvalue weighted by atomic mass is 9.96. The summed E-state index contributed by atoms with van der Waals surface area (Å²) in [5.41, 5.74) is 2.37. The van der Waals surface area contributed by atoms with Crippen molar-refractivity contribution in [3.63, 3.8) is 0 Å². The van der Waals surface area contributed by atoms with Crippen molar-refractivity contribution in [2.45, 2.75) is 26.3 Å². The topological polar surface area (TPSA) is 32.3 Å². The lowest BCUT2D eigenvalue weighted by Gasteiger charge is -2.32. The van der Waals surface area contributed by atoms with Gasteiger partial charge in [-0.3, -0.25) is 9.69 Å². The first kappa shape index (κ1) is 17.9. The smallest absolute Gasteiger partial charge is 0.228 e. The zero-order chi connectivity index (χ0) is 17.8. The van der Waals surface area contributed by atoms with Crippen LogP contribution in [-0.4, -0.2) is 23.9 Å². The molecule has 0 aromatic heterocycles. The fourth-order valence-corrected chi connectivity index (χ4v) is 3.38. The molecule has 0 spiro atoms. The first-order valence-electron chi connectivity index (χ1n) is 8.55. The van der Waals surface area contributed by atoms with Gasteiger partial charge in [0.15, 0.2) is 0 Å². The third-order valence-corrected chi connectivity index (χ3v) is 5.07. The van der Waals surface area contributed by atoms with E-state index < -0.39 is 0 Å². The van der Waals surface area contributed by atoms with Gasteiger partial charge >= 0.3 is 0 Å². The van der Waals surface area contributed by atoms with E-state index in [1.165, 1.54) is 6.07 Å². The van der Waals surface area contributed by atoms with Crippen LogP contribution >= 0.6 is 11.6 Å². The molecule has 0 radical (unpaired) electrons. The van der Waals surface area contributed by atoms with E-state index in [0.29, 0.717) is 29.4 Å². The van der Waals surface area contributed by atoms with Crippen molar-refractivity contribution >= 4 is 23.2 Å². The number of amides is 1. The van der Waals surface area contributed by atoms with Gasteiger partial charge in [-0.15, -0.1) is 0 Å². The molecule has 0 saturated carbocycles. The van der Waals surface area contributed by atoms with Gasteiger partial charge in [0, 0.05) is 29.4 Å². The second-order valence-corrected chi connectivity index (χ2v) is 7.03. The zero-order valence-corrected chi connectivity index (χ0v) is 15.0. The fraction of sp³-hybridized carbons (Fsp3) is 0.350. The highest BCUT2D eigenvalue weighted by molar-refractivity contribution is 6.31. The van der Waals surface area contributed by atoms with Crippen LogP contribution in [0.1, 0.15) is 24.0 Å². The van der Waals surface area contributed by atoms with E-state index in [1.807, 2.05) is 25.1 Å². The molecule has 1 amide bonds. The van der Waals surface area contributed by atoms with Crippen molar-refractivity contribution in [1.29, 1.82) is 0 Å². The van der Waals surface area contributed by atoms with Crippen molar-refractivity contribution in [3.05, 3.63) is 64.4 Å². The molecule has 5 heteroatoms. The van der Waals surface area contributed by atoms with Gasteiger partial charge in [0.1, 0.15) is 5.82 Å². The zero-order valence-electron chi connectivity index (χ0n) is 14.3. The molecule has 2 aromatic carbocycles. The minimum atomic E-state index is -0.191. The number of carbonyl (C=O) groups excluding carboxylic acids is 1. The second kappa shape index (κ2) is 7.98. The fourth-order valence-electron chi connectivity index (χ4n) is 3.20. The highest BCUT2D eigenvalue weighted by atomic mass is 35.5. The normalized spacial score (nSPS) is 18.1. The summed E-state index contributed by atoms with van der Waals surface area (Å²) in [7, 11) is 0. The van der Waals surface area contributed by atoms with E-state index in [4.69, 9.17) is 11.6 Å². The first-order valence-corrected chi connectivity index (χ1v) is 8.93. The molecular weight excluding hydrogens is 339 g/mol. The Morgan fingerprint density at radius 2 is 2.12 bits per heavy atom. The van der Waals surface area contributed by atoms with Crippen LogP contribution in [0.4, 0.5) is 10.1 Å². The minimum Gasteiger partial charge on any atom is -0.326 e. The Balaban J connectivity index is 1.61. The summed E-state index contributed by atoms with van der Waals surface area (Å²) < 4.78 is 13.8. The van der Waals surface area contributed by atoms with Gasteiger partial charge in [0.2, 0.25) is 5.91 Å². The van der Waals surface area contributed by atoms with Gasteiger partial charge in [-0.1, -0.05) is 35.9 Å². The van der Waals surface area contributed by atoms with Crippen LogP contribution in [0.3, 0.4) is 0 Å². The number of hydrogen-bond donors (Lipinski definition) is 1. The van der Waals surface area contributed by atoms with Crippen molar-refractivity contribution in [3.8, 4) is 0 Å². The molecule has 1 heterocycles. The highest BCUT2D eigenvalue weighted by Gasteiger charge is 2.26. The third-order valence-electron chi connectivity index (χ3n) is 4.67. The maximum atomic E-state index is 13.8. The Morgan fingerprint density at radius 1 is 1.32 bits per heavy atom. The molecule has 3 nitrogen and oxygen atoms in total. The average molecular weight is 361 g/mol. The molecule has 1 aliphatic heterocycles. The minimum absolute atomic E-state index is 0.00171. The molecule has 25 heavy (non-hydrogen) atoms. The van der Waals surface area contributed by atoms with Crippen molar-refractivity contribution < 1.29 is 9.18 Å². The van der Waals surface area contributed by atoms with E-state index in [1.54, 1.807) is 18.2 Å². The number of carbonyl (C=O) groups is 1. The number of hydrogen-bond acceptors (Lipinski definition) is 2. The second-order valence-electron chi connectivity index (χ2n) is 6.62. The predicted octanol–water partition coefficient (Wildman–Crippen LogP) is 4.64. The van der Waals surface area contributed by atoms with E-state index in [0.717, 1.165) is 24.9 Å². The molecule has 132 valence electrons. The van der Waals surface area contributed by atoms with Crippen LogP contribution in [0, 0.1) is 18.7 Å². The summed E-state index contributed by atoms with van der Waals surface area (Å²) in [5.74, 6) is -0.290. The molecule has 1 unspecified atom stereocenters. The van der Waals surface area contributed by atoms with Crippen LogP contribution < -0.4 is 5.32 Å². The molecular formula is C20H22ClFN2O. The molecule has 1 atom stereocenters. The number of rotatable bonds is 4. The molecule has 0 aliphatic carbocycles. The van der Waals surface area contributed by atoms with Gasteiger partial charge in [-0.25, -0.2) is 4.39 Å². The van der Waals surface area contributed by atoms with Gasteiger partial charge in [-0.2, -0.15) is 0 Å². The summed E-state index contributed by atoms with van der Waals surface area (Å²) in [5, 5.41) is 3.59. The number of anilines is 1. The number of nitrogens with one attached hydrogen (secondary N) is 1. The Bertz CT molecular complexity index is 765. The van der Waals surface area contributed by atoms with Crippen molar-refractivity contribution in [1.82, 2.24) is 4.90 Å². The Labute approximate surface area is 152 Å². The van der Waals surface area contributed by atoms with Crippen LogP contribution in [0.25, 0.3) is 0 Å². The Hall–Kier alpha value is -1.91. The van der Waals surface area contributed by atoms with Crippen molar-refractivity contribution in [2.24, 2.45) is 5.92 Å². The third kappa shape index (κ3) is 4.59. The quantitative estimate of drug-likeness (QED) is 0.861. The van der Waals surface area contributed by atoms with Gasteiger partial charge in [0.05, 0.1) is 5.92 Å². The number of nitrogens with zero attached hydrogens (tertiary/aromatic N) is 1. The van der Waals surface area contributed by atoms with E-state index in [9.17, 15) is 9.18 Å². The number of halogens is 2. The largest absolute Gasteiger partial charge is 0.326 e. The van der Waals surface area contributed by atoms with E-state index in [2.05, 4.69) is 10.2 Å². The summed E-state index contributed by atoms with van der Waals surface area (Å²) >= 11 is 6.12. The van der Waals surface area contributed by atoms with Crippen LogP contribution in [0.5, 0.6) is 0 Å². The van der Waals surface area contributed by atoms with Gasteiger partial charge in [-0.05, 0) is 50.1 Å². The highest BCUT2D eigenvalue weighted by Crippen LogP contribution is 2.23. The van der Waals surface area contributed by atoms with E-state index >= 15 is 0 Å². The number of benzene rings is 2. The Morgan fingerprint density at radius 3 is 2.88 bits per heavy atom. The summed E-state index contributed by atoms with van der Waals surface area (Å²) in [6.45, 7) is 3.98. The Kier molecular flexibility index (Phi) is 5.71. The molecule has 1 fully saturated rings.